The molecule has 0 heterocycles. The van der Waals surface area contributed by atoms with Gasteiger partial charge >= 0.3 is 0 Å². The molecule has 3 rings (SSSR count). The zero-order valence-corrected chi connectivity index (χ0v) is 14.3. The Morgan fingerprint density at radius 2 is 1.52 bits per heavy atom. The summed E-state index contributed by atoms with van der Waals surface area (Å²) in [7, 11) is 1.56. The number of hydrogen-bond donors (Lipinski definition) is 1. The molecule has 0 saturated heterocycles. The minimum Gasteiger partial charge on any atom is -0.497 e. The van der Waals surface area contributed by atoms with Crippen LogP contribution in [0.3, 0.4) is 0 Å². The number of anilines is 1. The number of methoxy groups -OCH3 is 1. The first kappa shape index (κ1) is 16.9. The molecule has 4 nitrogen and oxygen atoms in total. The number of para-hydroxylation sites is 1. The van der Waals surface area contributed by atoms with Crippen molar-refractivity contribution in [2.24, 2.45) is 0 Å². The first-order valence-electron chi connectivity index (χ1n) is 7.63. The Morgan fingerprint density at radius 1 is 0.880 bits per heavy atom. The average molecular weight is 354 g/mol. The summed E-state index contributed by atoms with van der Waals surface area (Å²) in [6, 6.07) is 21.4. The average Bonchev–Trinajstić information content (AvgIpc) is 2.65. The van der Waals surface area contributed by atoms with Crippen LogP contribution in [-0.2, 0) is 0 Å². The van der Waals surface area contributed by atoms with Crippen molar-refractivity contribution in [3.05, 3.63) is 83.4 Å². The molecule has 0 aliphatic heterocycles. The van der Waals surface area contributed by atoms with Crippen LogP contribution in [0.4, 0.5) is 5.69 Å². The summed E-state index contributed by atoms with van der Waals surface area (Å²) in [6.45, 7) is 0. The van der Waals surface area contributed by atoms with Crippen LogP contribution in [0.2, 0.25) is 5.02 Å². The fraction of sp³-hybridized carbons (Fsp3) is 0.0500. The molecule has 3 aromatic rings. The van der Waals surface area contributed by atoms with Crippen LogP contribution in [0, 0.1) is 0 Å². The van der Waals surface area contributed by atoms with E-state index < -0.39 is 0 Å². The van der Waals surface area contributed by atoms with Gasteiger partial charge in [0.25, 0.3) is 5.91 Å². The van der Waals surface area contributed by atoms with Crippen LogP contribution in [0.1, 0.15) is 10.4 Å². The van der Waals surface area contributed by atoms with Gasteiger partial charge in [0.1, 0.15) is 17.2 Å². The number of rotatable bonds is 5. The maximum absolute atomic E-state index is 12.4. The van der Waals surface area contributed by atoms with Crippen molar-refractivity contribution in [2.75, 3.05) is 12.4 Å². The summed E-state index contributed by atoms with van der Waals surface area (Å²) < 4.78 is 10.9. The Labute approximate surface area is 151 Å². The lowest BCUT2D eigenvalue weighted by Gasteiger charge is -2.10. The molecule has 0 atom stereocenters. The van der Waals surface area contributed by atoms with E-state index in [0.717, 1.165) is 5.75 Å². The van der Waals surface area contributed by atoms with E-state index in [9.17, 15) is 4.79 Å². The fourth-order valence-corrected chi connectivity index (χ4v) is 2.39. The maximum atomic E-state index is 12.4. The third-order valence-corrected chi connectivity index (χ3v) is 3.85. The number of hydrogen-bond acceptors (Lipinski definition) is 3. The van der Waals surface area contributed by atoms with Crippen molar-refractivity contribution in [3.8, 4) is 17.2 Å². The second kappa shape index (κ2) is 7.73. The molecule has 3 aromatic carbocycles. The molecule has 0 spiro atoms. The van der Waals surface area contributed by atoms with Crippen molar-refractivity contribution in [1.29, 1.82) is 0 Å². The molecule has 0 radical (unpaired) electrons. The summed E-state index contributed by atoms with van der Waals surface area (Å²) in [6.07, 6.45) is 0. The lowest BCUT2D eigenvalue weighted by atomic mass is 10.2. The van der Waals surface area contributed by atoms with Gasteiger partial charge in [0.05, 0.1) is 17.8 Å². The number of benzene rings is 3. The van der Waals surface area contributed by atoms with E-state index in [4.69, 9.17) is 21.1 Å². The lowest BCUT2D eigenvalue weighted by molar-refractivity contribution is 0.102. The van der Waals surface area contributed by atoms with Crippen molar-refractivity contribution in [3.63, 3.8) is 0 Å². The third kappa shape index (κ3) is 4.31. The minimum atomic E-state index is -0.263. The highest BCUT2D eigenvalue weighted by Crippen LogP contribution is 2.27. The summed E-state index contributed by atoms with van der Waals surface area (Å²) in [5.41, 5.74) is 0.995. The van der Waals surface area contributed by atoms with Gasteiger partial charge in [0.15, 0.2) is 0 Å². The highest BCUT2D eigenvalue weighted by molar-refractivity contribution is 6.34. The van der Waals surface area contributed by atoms with E-state index in [1.165, 1.54) is 0 Å². The van der Waals surface area contributed by atoms with Gasteiger partial charge < -0.3 is 14.8 Å². The summed E-state index contributed by atoms with van der Waals surface area (Å²) in [5, 5.41) is 3.22. The highest BCUT2D eigenvalue weighted by Gasteiger charge is 2.10. The zero-order chi connectivity index (χ0) is 17.6. The molecule has 0 saturated carbocycles. The molecule has 126 valence electrons. The van der Waals surface area contributed by atoms with Crippen molar-refractivity contribution in [1.82, 2.24) is 0 Å². The predicted octanol–water partition coefficient (Wildman–Crippen LogP) is 5.39. The van der Waals surface area contributed by atoms with Crippen LogP contribution in [0.5, 0.6) is 17.2 Å². The molecule has 0 aliphatic carbocycles. The fourth-order valence-electron chi connectivity index (χ4n) is 2.22. The van der Waals surface area contributed by atoms with E-state index in [1.807, 2.05) is 30.3 Å². The Bertz CT molecular complexity index is 864. The molecule has 0 aliphatic rings. The monoisotopic (exact) mass is 353 g/mol. The Morgan fingerprint density at radius 3 is 2.20 bits per heavy atom. The first-order chi connectivity index (χ1) is 12.2. The number of halogens is 1. The zero-order valence-electron chi connectivity index (χ0n) is 13.5. The third-order valence-electron chi connectivity index (χ3n) is 3.52. The lowest BCUT2D eigenvalue weighted by Crippen LogP contribution is -2.12. The Balaban J connectivity index is 1.71. The quantitative estimate of drug-likeness (QED) is 0.668. The van der Waals surface area contributed by atoms with Gasteiger partial charge in [-0.3, -0.25) is 4.79 Å². The molecule has 1 amide bonds. The smallest absolute Gasteiger partial charge is 0.255 e. The molecule has 0 aromatic heterocycles. The number of carbonyl (C=O) groups excluding carboxylic acids is 1. The minimum absolute atomic E-state index is 0.263. The SMILES string of the molecule is COc1ccc(Cl)c(NC(=O)c2ccc(Oc3ccccc3)cc2)c1. The molecule has 0 unspecified atom stereocenters. The van der Waals surface area contributed by atoms with Crippen LogP contribution in [0.25, 0.3) is 0 Å². The molecular formula is C20H16ClNO3. The second-order valence-electron chi connectivity index (χ2n) is 5.24. The molecular weight excluding hydrogens is 338 g/mol. The molecule has 25 heavy (non-hydrogen) atoms. The van der Waals surface area contributed by atoms with E-state index in [-0.39, 0.29) is 5.91 Å². The largest absolute Gasteiger partial charge is 0.497 e. The normalized spacial score (nSPS) is 10.2. The highest BCUT2D eigenvalue weighted by atomic mass is 35.5. The molecule has 1 N–H and O–H groups in total. The molecule has 0 fully saturated rings. The summed E-state index contributed by atoms with van der Waals surface area (Å²) in [5.74, 6) is 1.75. The van der Waals surface area contributed by atoms with Gasteiger partial charge in [0.2, 0.25) is 0 Å². The van der Waals surface area contributed by atoms with Gasteiger partial charge in [-0.1, -0.05) is 29.8 Å². The summed E-state index contributed by atoms with van der Waals surface area (Å²) in [4.78, 5) is 12.4. The van der Waals surface area contributed by atoms with E-state index in [1.54, 1.807) is 49.6 Å². The topological polar surface area (TPSA) is 47.6 Å². The van der Waals surface area contributed by atoms with Gasteiger partial charge in [0, 0.05) is 11.6 Å². The Kier molecular flexibility index (Phi) is 5.21. The van der Waals surface area contributed by atoms with Crippen molar-refractivity contribution >= 4 is 23.2 Å². The van der Waals surface area contributed by atoms with Gasteiger partial charge in [-0.05, 0) is 48.5 Å². The van der Waals surface area contributed by atoms with E-state index >= 15 is 0 Å². The van der Waals surface area contributed by atoms with E-state index in [2.05, 4.69) is 5.32 Å². The van der Waals surface area contributed by atoms with Crippen LogP contribution < -0.4 is 14.8 Å². The second-order valence-corrected chi connectivity index (χ2v) is 5.65. The standard InChI is InChI=1S/C20H16ClNO3/c1-24-17-11-12-18(21)19(13-17)22-20(23)14-7-9-16(10-8-14)25-15-5-3-2-4-6-15/h2-13H,1H3,(H,22,23). The Hall–Kier alpha value is -2.98. The number of nitrogens with one attached hydrogen (secondary N) is 1. The number of carbonyl (C=O) groups is 1. The predicted molar refractivity (Wildman–Crippen MR) is 98.9 cm³/mol. The maximum Gasteiger partial charge on any atom is 0.255 e. The number of ether oxygens (including phenoxy) is 2. The first-order valence-corrected chi connectivity index (χ1v) is 8.01. The van der Waals surface area contributed by atoms with Crippen LogP contribution >= 0.6 is 11.6 Å². The van der Waals surface area contributed by atoms with E-state index in [0.29, 0.717) is 27.8 Å². The van der Waals surface area contributed by atoms with Gasteiger partial charge in [-0.25, -0.2) is 0 Å². The summed E-state index contributed by atoms with van der Waals surface area (Å²) >= 11 is 6.11. The van der Waals surface area contributed by atoms with Crippen molar-refractivity contribution in [2.45, 2.75) is 0 Å². The molecule has 5 heteroatoms. The molecule has 0 bridgehead atoms. The van der Waals surface area contributed by atoms with Gasteiger partial charge in [-0.15, -0.1) is 0 Å². The van der Waals surface area contributed by atoms with Gasteiger partial charge in [-0.2, -0.15) is 0 Å². The van der Waals surface area contributed by atoms with Crippen LogP contribution in [-0.4, -0.2) is 13.0 Å². The number of amides is 1. The van der Waals surface area contributed by atoms with Crippen LogP contribution in [0.15, 0.2) is 72.8 Å². The van der Waals surface area contributed by atoms with Crippen molar-refractivity contribution < 1.29 is 14.3 Å².